The number of nitrogens with one attached hydrogen (secondary N) is 1. The van der Waals surface area contributed by atoms with Gasteiger partial charge in [-0.25, -0.2) is 0 Å². The van der Waals surface area contributed by atoms with Crippen molar-refractivity contribution >= 4 is 11.6 Å². The highest BCUT2D eigenvalue weighted by molar-refractivity contribution is 6.17. The lowest BCUT2D eigenvalue weighted by molar-refractivity contribution is 0.451. The minimum Gasteiger partial charge on any atom is -0.312 e. The van der Waals surface area contributed by atoms with Crippen LogP contribution in [-0.4, -0.2) is 12.4 Å². The van der Waals surface area contributed by atoms with Gasteiger partial charge in [0, 0.05) is 12.4 Å². The van der Waals surface area contributed by atoms with E-state index in [1.165, 1.54) is 12.0 Å². The number of halogens is 1. The molecule has 1 unspecified atom stereocenters. The molecule has 0 fully saturated rings. The van der Waals surface area contributed by atoms with Gasteiger partial charge in [0.1, 0.15) is 0 Å². The molecule has 1 nitrogen and oxygen atoms in total. The van der Waals surface area contributed by atoms with E-state index in [1.54, 1.807) is 0 Å². The molecule has 0 heterocycles. The molecule has 1 atom stereocenters. The molecule has 15 heavy (non-hydrogen) atoms. The molecule has 1 aromatic rings. The second kappa shape index (κ2) is 7.72. The Morgan fingerprint density at radius 3 is 2.60 bits per heavy atom. The van der Waals surface area contributed by atoms with E-state index in [2.05, 4.69) is 36.5 Å². The lowest BCUT2D eigenvalue weighted by Crippen LogP contribution is -2.22. The SMILES string of the molecule is CCC(CCCl)CNCc1ccccc1. The highest BCUT2D eigenvalue weighted by Gasteiger charge is 2.04. The van der Waals surface area contributed by atoms with Crippen molar-refractivity contribution in [2.75, 3.05) is 12.4 Å². The predicted octanol–water partition coefficient (Wildman–Crippen LogP) is 3.43. The average molecular weight is 226 g/mol. The van der Waals surface area contributed by atoms with Crippen LogP contribution in [0.25, 0.3) is 0 Å². The molecule has 0 aromatic heterocycles. The summed E-state index contributed by atoms with van der Waals surface area (Å²) in [6.07, 6.45) is 2.31. The van der Waals surface area contributed by atoms with Gasteiger partial charge in [0.05, 0.1) is 0 Å². The summed E-state index contributed by atoms with van der Waals surface area (Å²) in [6.45, 7) is 4.25. The van der Waals surface area contributed by atoms with Crippen LogP contribution in [-0.2, 0) is 6.54 Å². The molecule has 1 aromatic carbocycles. The summed E-state index contributed by atoms with van der Waals surface area (Å²) in [7, 11) is 0. The maximum absolute atomic E-state index is 5.74. The van der Waals surface area contributed by atoms with Crippen LogP contribution < -0.4 is 5.32 Å². The molecule has 0 aliphatic rings. The predicted molar refractivity (Wildman–Crippen MR) is 67.3 cm³/mol. The zero-order valence-corrected chi connectivity index (χ0v) is 10.1. The van der Waals surface area contributed by atoms with Crippen LogP contribution in [0.2, 0.25) is 0 Å². The van der Waals surface area contributed by atoms with Gasteiger partial charge in [0.2, 0.25) is 0 Å². The van der Waals surface area contributed by atoms with Gasteiger partial charge in [-0.05, 0) is 24.4 Å². The first-order chi connectivity index (χ1) is 7.36. The van der Waals surface area contributed by atoms with Gasteiger partial charge in [-0.2, -0.15) is 0 Å². The van der Waals surface area contributed by atoms with E-state index in [4.69, 9.17) is 11.6 Å². The molecule has 0 aliphatic heterocycles. The molecule has 0 aliphatic carbocycles. The molecule has 0 saturated carbocycles. The van der Waals surface area contributed by atoms with Crippen molar-refractivity contribution in [3.05, 3.63) is 35.9 Å². The Labute approximate surface area is 97.8 Å². The van der Waals surface area contributed by atoms with E-state index in [0.29, 0.717) is 5.92 Å². The van der Waals surface area contributed by atoms with E-state index >= 15 is 0 Å². The molecule has 0 saturated heterocycles. The molecule has 2 heteroatoms. The lowest BCUT2D eigenvalue weighted by atomic mass is 10.0. The number of hydrogen-bond donors (Lipinski definition) is 1. The molecule has 1 rings (SSSR count). The third-order valence-electron chi connectivity index (χ3n) is 2.70. The number of hydrogen-bond acceptors (Lipinski definition) is 1. The lowest BCUT2D eigenvalue weighted by Gasteiger charge is -2.14. The summed E-state index contributed by atoms with van der Waals surface area (Å²) >= 11 is 5.74. The first-order valence-electron chi connectivity index (χ1n) is 5.67. The molecule has 0 bridgehead atoms. The van der Waals surface area contributed by atoms with E-state index in [1.807, 2.05) is 6.07 Å². The monoisotopic (exact) mass is 225 g/mol. The van der Waals surface area contributed by atoms with Crippen LogP contribution in [0.5, 0.6) is 0 Å². The topological polar surface area (TPSA) is 12.0 Å². The van der Waals surface area contributed by atoms with Crippen molar-refractivity contribution in [1.82, 2.24) is 5.32 Å². The van der Waals surface area contributed by atoms with Crippen molar-refractivity contribution in [3.8, 4) is 0 Å². The van der Waals surface area contributed by atoms with Crippen LogP contribution in [0, 0.1) is 5.92 Å². The molecule has 0 amide bonds. The van der Waals surface area contributed by atoms with Crippen LogP contribution in [0.3, 0.4) is 0 Å². The van der Waals surface area contributed by atoms with E-state index in [-0.39, 0.29) is 0 Å². The number of rotatable bonds is 7. The minimum atomic E-state index is 0.714. The number of alkyl halides is 1. The van der Waals surface area contributed by atoms with Crippen molar-refractivity contribution < 1.29 is 0 Å². The molecule has 84 valence electrons. The summed E-state index contributed by atoms with van der Waals surface area (Å²) in [5.74, 6) is 1.48. The summed E-state index contributed by atoms with van der Waals surface area (Å²) < 4.78 is 0. The van der Waals surface area contributed by atoms with Gasteiger partial charge in [-0.15, -0.1) is 11.6 Å². The summed E-state index contributed by atoms with van der Waals surface area (Å²) in [5.41, 5.74) is 1.35. The third-order valence-corrected chi connectivity index (χ3v) is 2.92. The van der Waals surface area contributed by atoms with Crippen molar-refractivity contribution in [2.24, 2.45) is 5.92 Å². The number of benzene rings is 1. The van der Waals surface area contributed by atoms with Crippen LogP contribution in [0.15, 0.2) is 30.3 Å². The van der Waals surface area contributed by atoms with Gasteiger partial charge < -0.3 is 5.32 Å². The first-order valence-corrected chi connectivity index (χ1v) is 6.20. The van der Waals surface area contributed by atoms with Crippen molar-refractivity contribution in [3.63, 3.8) is 0 Å². The summed E-state index contributed by atoms with van der Waals surface area (Å²) in [5, 5.41) is 3.48. The normalized spacial score (nSPS) is 12.7. The fourth-order valence-corrected chi connectivity index (χ4v) is 1.93. The van der Waals surface area contributed by atoms with Crippen molar-refractivity contribution in [2.45, 2.75) is 26.3 Å². The zero-order valence-electron chi connectivity index (χ0n) is 9.38. The standard InChI is InChI=1S/C13H20ClN/c1-2-12(8-9-14)10-15-11-13-6-4-3-5-7-13/h3-7,12,15H,2,8-11H2,1H3. The second-order valence-corrected chi connectivity index (χ2v) is 4.25. The zero-order chi connectivity index (χ0) is 10.9. The Bertz CT molecular complexity index is 248. The van der Waals surface area contributed by atoms with Gasteiger partial charge in [-0.3, -0.25) is 0 Å². The average Bonchev–Trinajstić information content (AvgIpc) is 2.29. The summed E-state index contributed by atoms with van der Waals surface area (Å²) in [6, 6.07) is 10.5. The van der Waals surface area contributed by atoms with Gasteiger partial charge in [0.15, 0.2) is 0 Å². The molecule has 0 radical (unpaired) electrons. The highest BCUT2D eigenvalue weighted by Crippen LogP contribution is 2.08. The van der Waals surface area contributed by atoms with E-state index < -0.39 is 0 Å². The van der Waals surface area contributed by atoms with E-state index in [9.17, 15) is 0 Å². The van der Waals surface area contributed by atoms with Crippen LogP contribution >= 0.6 is 11.6 Å². The second-order valence-electron chi connectivity index (χ2n) is 3.87. The molecule has 1 N–H and O–H groups in total. The summed E-state index contributed by atoms with van der Waals surface area (Å²) in [4.78, 5) is 0. The largest absolute Gasteiger partial charge is 0.312 e. The Morgan fingerprint density at radius 2 is 2.00 bits per heavy atom. The molecular formula is C13H20ClN. The van der Waals surface area contributed by atoms with Gasteiger partial charge >= 0.3 is 0 Å². The fraction of sp³-hybridized carbons (Fsp3) is 0.538. The Balaban J connectivity index is 2.20. The maximum Gasteiger partial charge on any atom is 0.0226 e. The minimum absolute atomic E-state index is 0.714. The quantitative estimate of drug-likeness (QED) is 0.702. The van der Waals surface area contributed by atoms with Gasteiger partial charge in [-0.1, -0.05) is 43.7 Å². The third kappa shape index (κ3) is 5.19. The Morgan fingerprint density at radius 1 is 1.27 bits per heavy atom. The maximum atomic E-state index is 5.74. The van der Waals surface area contributed by atoms with Gasteiger partial charge in [0.25, 0.3) is 0 Å². The smallest absolute Gasteiger partial charge is 0.0226 e. The first kappa shape index (κ1) is 12.5. The Hall–Kier alpha value is -0.530. The fourth-order valence-electron chi connectivity index (χ4n) is 1.62. The van der Waals surface area contributed by atoms with E-state index in [0.717, 1.165) is 25.4 Å². The van der Waals surface area contributed by atoms with Crippen molar-refractivity contribution in [1.29, 1.82) is 0 Å². The molecule has 0 spiro atoms. The molecular weight excluding hydrogens is 206 g/mol. The highest BCUT2D eigenvalue weighted by atomic mass is 35.5. The Kier molecular flexibility index (Phi) is 6.45. The van der Waals surface area contributed by atoms with Crippen LogP contribution in [0.4, 0.5) is 0 Å². The van der Waals surface area contributed by atoms with Crippen LogP contribution in [0.1, 0.15) is 25.3 Å².